The van der Waals surface area contributed by atoms with Gasteiger partial charge >= 0.3 is 6.03 Å². The summed E-state index contributed by atoms with van der Waals surface area (Å²) in [6, 6.07) is 11.6. The van der Waals surface area contributed by atoms with E-state index in [2.05, 4.69) is 15.5 Å². The Balaban J connectivity index is 1.25. The molecule has 2 aliphatic rings. The SMILES string of the molecule is Cc1ccc(NC(=O)N[C@@H]2CCCC[C@H]2CCN2CCC[C@@H](Cc3ccc(F)cc3)C2)cc1F. The average Bonchev–Trinajstić information content (AvgIpc) is 2.83. The van der Waals surface area contributed by atoms with Crippen molar-refractivity contribution in [1.82, 2.24) is 10.2 Å². The number of hydrogen-bond acceptors (Lipinski definition) is 2. The fourth-order valence-corrected chi connectivity index (χ4v) is 5.57. The maximum absolute atomic E-state index is 13.8. The summed E-state index contributed by atoms with van der Waals surface area (Å²) in [5, 5.41) is 5.96. The van der Waals surface area contributed by atoms with Crippen LogP contribution >= 0.6 is 0 Å². The lowest BCUT2D eigenvalue weighted by Crippen LogP contribution is -2.45. The van der Waals surface area contributed by atoms with Crippen LogP contribution in [0.15, 0.2) is 42.5 Å². The van der Waals surface area contributed by atoms with Gasteiger partial charge in [-0.1, -0.05) is 31.0 Å². The van der Waals surface area contributed by atoms with Crippen LogP contribution in [0.1, 0.15) is 56.1 Å². The number of benzene rings is 2. The lowest BCUT2D eigenvalue weighted by atomic mass is 9.82. The van der Waals surface area contributed by atoms with Crippen LogP contribution in [0.5, 0.6) is 0 Å². The lowest BCUT2D eigenvalue weighted by molar-refractivity contribution is 0.149. The van der Waals surface area contributed by atoms with E-state index >= 15 is 0 Å². The first-order valence-corrected chi connectivity index (χ1v) is 12.8. The van der Waals surface area contributed by atoms with Crippen molar-refractivity contribution in [3.8, 4) is 0 Å². The molecule has 0 bridgehead atoms. The molecule has 2 N–H and O–H groups in total. The van der Waals surface area contributed by atoms with Crippen LogP contribution in [0.3, 0.4) is 0 Å². The number of likely N-dealkylation sites (tertiary alicyclic amines) is 1. The average molecular weight is 470 g/mol. The molecule has 34 heavy (non-hydrogen) atoms. The Bertz CT molecular complexity index is 949. The normalized spacial score (nSPS) is 23.4. The predicted molar refractivity (Wildman–Crippen MR) is 133 cm³/mol. The Morgan fingerprint density at radius 3 is 2.62 bits per heavy atom. The van der Waals surface area contributed by atoms with Gasteiger partial charge in [0.05, 0.1) is 0 Å². The van der Waals surface area contributed by atoms with E-state index in [1.165, 1.54) is 30.9 Å². The number of carbonyl (C=O) groups excluding carboxylic acids is 1. The molecule has 2 fully saturated rings. The summed E-state index contributed by atoms with van der Waals surface area (Å²) >= 11 is 0. The number of carbonyl (C=O) groups is 1. The Labute approximate surface area is 202 Å². The van der Waals surface area contributed by atoms with Gasteiger partial charge in [-0.05, 0) is 106 Å². The van der Waals surface area contributed by atoms with E-state index in [0.29, 0.717) is 23.1 Å². The third kappa shape index (κ3) is 7.02. The summed E-state index contributed by atoms with van der Waals surface area (Å²) in [6.07, 6.45) is 8.97. The fraction of sp³-hybridized carbons (Fsp3) is 0.536. The number of rotatable bonds is 7. The number of aryl methyl sites for hydroxylation is 1. The molecule has 3 atom stereocenters. The van der Waals surface area contributed by atoms with Gasteiger partial charge < -0.3 is 15.5 Å². The van der Waals surface area contributed by atoms with E-state index in [1.54, 1.807) is 31.2 Å². The smallest absolute Gasteiger partial charge is 0.319 e. The van der Waals surface area contributed by atoms with Crippen LogP contribution in [0.2, 0.25) is 0 Å². The third-order valence-electron chi connectivity index (χ3n) is 7.51. The monoisotopic (exact) mass is 469 g/mol. The highest BCUT2D eigenvalue weighted by Crippen LogP contribution is 2.29. The van der Waals surface area contributed by atoms with Gasteiger partial charge in [0.15, 0.2) is 0 Å². The minimum Gasteiger partial charge on any atom is -0.335 e. The molecule has 2 amide bonds. The summed E-state index contributed by atoms with van der Waals surface area (Å²) < 4.78 is 27.0. The highest BCUT2D eigenvalue weighted by Gasteiger charge is 2.28. The van der Waals surface area contributed by atoms with Crippen LogP contribution in [-0.2, 0) is 6.42 Å². The molecule has 0 unspecified atom stereocenters. The Hall–Kier alpha value is -2.47. The zero-order valence-electron chi connectivity index (χ0n) is 20.2. The summed E-state index contributed by atoms with van der Waals surface area (Å²) in [4.78, 5) is 15.2. The molecule has 2 aromatic carbocycles. The van der Waals surface area contributed by atoms with Crippen LogP contribution in [0, 0.1) is 30.4 Å². The predicted octanol–water partition coefficient (Wildman–Crippen LogP) is 6.30. The van der Waals surface area contributed by atoms with E-state index < -0.39 is 0 Å². The standard InChI is InChI=1S/C28H37F2N3O/c1-20-8-13-25(18-26(20)30)31-28(34)32-27-7-3-2-6-23(27)14-16-33-15-4-5-22(19-33)17-21-9-11-24(29)12-10-21/h8-13,18,22-23,27H,2-7,14-17,19H2,1H3,(H2,31,32,34)/t22-,23-,27+/m0/s1. The molecule has 4 rings (SSSR count). The topological polar surface area (TPSA) is 44.4 Å². The van der Waals surface area contributed by atoms with Gasteiger partial charge in [-0.2, -0.15) is 0 Å². The molecule has 1 saturated heterocycles. The van der Waals surface area contributed by atoms with Gasteiger partial charge in [-0.3, -0.25) is 0 Å². The zero-order valence-corrected chi connectivity index (χ0v) is 20.2. The third-order valence-corrected chi connectivity index (χ3v) is 7.51. The minimum absolute atomic E-state index is 0.156. The van der Waals surface area contributed by atoms with Crippen LogP contribution < -0.4 is 10.6 Å². The second-order valence-corrected chi connectivity index (χ2v) is 10.1. The lowest BCUT2D eigenvalue weighted by Gasteiger charge is -2.36. The van der Waals surface area contributed by atoms with Crippen molar-refractivity contribution in [3.63, 3.8) is 0 Å². The Morgan fingerprint density at radius 1 is 1.03 bits per heavy atom. The number of urea groups is 1. The highest BCUT2D eigenvalue weighted by molar-refractivity contribution is 5.89. The quantitative estimate of drug-likeness (QED) is 0.500. The molecule has 1 saturated carbocycles. The Kier molecular flexibility index (Phi) is 8.54. The molecule has 6 heteroatoms. The fourth-order valence-electron chi connectivity index (χ4n) is 5.57. The Morgan fingerprint density at radius 2 is 1.82 bits per heavy atom. The van der Waals surface area contributed by atoms with Gasteiger partial charge in [-0.15, -0.1) is 0 Å². The largest absolute Gasteiger partial charge is 0.335 e. The molecular weight excluding hydrogens is 432 g/mol. The van der Waals surface area contributed by atoms with Gasteiger partial charge in [0.25, 0.3) is 0 Å². The number of hydrogen-bond donors (Lipinski definition) is 2. The molecular formula is C28H37F2N3O. The minimum atomic E-state index is -0.312. The van der Waals surface area contributed by atoms with E-state index in [0.717, 1.165) is 51.7 Å². The van der Waals surface area contributed by atoms with Gasteiger partial charge in [0.2, 0.25) is 0 Å². The van der Waals surface area contributed by atoms with Crippen molar-refractivity contribution in [2.24, 2.45) is 11.8 Å². The summed E-state index contributed by atoms with van der Waals surface area (Å²) in [6.45, 7) is 4.97. The van der Waals surface area contributed by atoms with Crippen molar-refractivity contribution in [2.45, 2.75) is 64.3 Å². The van der Waals surface area contributed by atoms with Gasteiger partial charge in [-0.25, -0.2) is 13.6 Å². The number of nitrogens with zero attached hydrogens (tertiary/aromatic N) is 1. The molecule has 0 radical (unpaired) electrons. The highest BCUT2D eigenvalue weighted by atomic mass is 19.1. The van der Waals surface area contributed by atoms with Crippen LogP contribution in [-0.4, -0.2) is 36.6 Å². The van der Waals surface area contributed by atoms with Crippen molar-refractivity contribution >= 4 is 11.7 Å². The second kappa shape index (κ2) is 11.8. The number of anilines is 1. The van der Waals surface area contributed by atoms with E-state index in [9.17, 15) is 13.6 Å². The first-order chi connectivity index (χ1) is 16.5. The van der Waals surface area contributed by atoms with Gasteiger partial charge in [0, 0.05) is 18.3 Å². The van der Waals surface area contributed by atoms with Crippen molar-refractivity contribution in [2.75, 3.05) is 25.0 Å². The number of halogens is 2. The number of piperidine rings is 1. The number of amides is 2. The summed E-state index contributed by atoms with van der Waals surface area (Å²) in [5.74, 6) is 0.587. The van der Waals surface area contributed by atoms with Crippen molar-refractivity contribution < 1.29 is 13.6 Å². The maximum Gasteiger partial charge on any atom is 0.319 e. The van der Waals surface area contributed by atoms with E-state index in [1.807, 2.05) is 12.1 Å². The van der Waals surface area contributed by atoms with E-state index in [-0.39, 0.29) is 23.7 Å². The second-order valence-electron chi connectivity index (χ2n) is 10.1. The summed E-state index contributed by atoms with van der Waals surface area (Å²) in [5.41, 5.74) is 2.26. The maximum atomic E-state index is 13.8. The van der Waals surface area contributed by atoms with Crippen LogP contribution in [0.4, 0.5) is 19.3 Å². The molecule has 184 valence electrons. The molecule has 1 heterocycles. The first-order valence-electron chi connectivity index (χ1n) is 12.8. The molecule has 4 nitrogen and oxygen atoms in total. The molecule has 1 aliphatic heterocycles. The molecule has 1 aliphatic carbocycles. The van der Waals surface area contributed by atoms with Crippen molar-refractivity contribution in [3.05, 3.63) is 65.2 Å². The van der Waals surface area contributed by atoms with Crippen LogP contribution in [0.25, 0.3) is 0 Å². The molecule has 2 aromatic rings. The molecule has 0 spiro atoms. The molecule has 0 aromatic heterocycles. The van der Waals surface area contributed by atoms with Gasteiger partial charge in [0.1, 0.15) is 11.6 Å². The van der Waals surface area contributed by atoms with Crippen molar-refractivity contribution in [1.29, 1.82) is 0 Å². The van der Waals surface area contributed by atoms with E-state index in [4.69, 9.17) is 0 Å². The zero-order chi connectivity index (χ0) is 23.9. The number of nitrogens with one attached hydrogen (secondary N) is 2. The first kappa shape index (κ1) is 24.6. The summed E-state index contributed by atoms with van der Waals surface area (Å²) in [7, 11) is 0.